The monoisotopic (exact) mass is 502 g/mol. The lowest BCUT2D eigenvalue weighted by molar-refractivity contribution is -0.0987. The smallest absolute Gasteiger partial charge is 0.138 e. The highest BCUT2D eigenvalue weighted by Gasteiger charge is 2.08. The number of carbonyl (C=O) groups is 2. The van der Waals surface area contributed by atoms with Crippen LogP contribution in [0, 0.1) is 19.7 Å². The van der Waals surface area contributed by atoms with Gasteiger partial charge in [0, 0.05) is 39.9 Å². The van der Waals surface area contributed by atoms with Crippen molar-refractivity contribution < 1.29 is 18.7 Å². The number of rotatable bonds is 3. The second kappa shape index (κ2) is 14.6. The average molecular weight is 503 g/mol. The Hall–Kier alpha value is -3.48. The largest absolute Gasteiger partial charge is 0.457 e. The van der Waals surface area contributed by atoms with Gasteiger partial charge in [-0.05, 0) is 80.1 Å². The third kappa shape index (κ3) is 8.81. The number of aromatic nitrogens is 1. The van der Waals surface area contributed by atoms with Gasteiger partial charge in [0.1, 0.15) is 30.9 Å². The Balaban J connectivity index is 0.000000373. The number of aryl methyl sites for hydroxylation is 2. The number of nitrogens with one attached hydrogen (secondary N) is 1. The van der Waals surface area contributed by atoms with Gasteiger partial charge < -0.3 is 19.6 Å². The van der Waals surface area contributed by atoms with E-state index in [0.29, 0.717) is 26.9 Å². The molecule has 0 fully saturated rings. The number of nitrogens with zero attached hydrogens (tertiary/aromatic N) is 1. The summed E-state index contributed by atoms with van der Waals surface area (Å²) in [6, 6.07) is 19.4. The lowest BCUT2D eigenvalue weighted by atomic mass is 10.2. The van der Waals surface area contributed by atoms with Crippen LogP contribution in [0.5, 0.6) is 11.5 Å². The molecule has 4 rings (SSSR count). The van der Waals surface area contributed by atoms with E-state index in [9.17, 15) is 4.39 Å². The molecule has 0 aliphatic carbocycles. The minimum atomic E-state index is -0.302. The van der Waals surface area contributed by atoms with E-state index in [0.717, 1.165) is 22.5 Å². The van der Waals surface area contributed by atoms with Crippen LogP contribution in [-0.2, 0) is 9.59 Å². The molecule has 1 aromatic heterocycles. The minimum Gasteiger partial charge on any atom is -0.457 e. The van der Waals surface area contributed by atoms with Gasteiger partial charge in [-0.15, -0.1) is 0 Å². The predicted molar refractivity (Wildman–Crippen MR) is 138 cm³/mol. The highest BCUT2D eigenvalue weighted by atomic mass is 35.5. The molecule has 0 atom stereocenters. The second-order valence-electron chi connectivity index (χ2n) is 6.75. The highest BCUT2D eigenvalue weighted by Crippen LogP contribution is 2.31. The molecule has 0 aliphatic heterocycles. The number of carbonyl (C=O) groups excluding carboxylic acids is 2. The highest BCUT2D eigenvalue weighted by molar-refractivity contribution is 6.34. The van der Waals surface area contributed by atoms with Gasteiger partial charge >= 0.3 is 0 Å². The Morgan fingerprint density at radius 2 is 1.44 bits per heavy atom. The van der Waals surface area contributed by atoms with Crippen molar-refractivity contribution in [1.82, 2.24) is 4.98 Å². The molecule has 1 N–H and O–H groups in total. The maximum atomic E-state index is 13.5. The summed E-state index contributed by atoms with van der Waals surface area (Å²) in [6.07, 6.45) is 0. The van der Waals surface area contributed by atoms with Crippen LogP contribution in [0.3, 0.4) is 0 Å². The van der Waals surface area contributed by atoms with Crippen molar-refractivity contribution in [3.05, 3.63) is 93.8 Å². The maximum Gasteiger partial charge on any atom is 0.138 e. The SMILES string of the molecule is C=O.C=O.CNc1ccc(Oc2cc(C)nc3ccc(F)cc23)cc1.Cc1cc(Cl)cc(Cl)c1. The molecular weight excluding hydrogens is 478 g/mol. The van der Waals surface area contributed by atoms with Crippen LogP contribution in [-0.4, -0.2) is 25.6 Å². The fourth-order valence-corrected chi connectivity index (χ4v) is 3.52. The molecule has 5 nitrogen and oxygen atoms in total. The number of hydrogen-bond donors (Lipinski definition) is 1. The number of hydrogen-bond acceptors (Lipinski definition) is 5. The fourth-order valence-electron chi connectivity index (χ4n) is 2.89. The lowest BCUT2D eigenvalue weighted by Gasteiger charge is -2.10. The second-order valence-corrected chi connectivity index (χ2v) is 7.62. The molecular formula is C26H25Cl2FN2O3. The number of pyridine rings is 1. The Labute approximate surface area is 208 Å². The van der Waals surface area contributed by atoms with E-state index in [1.807, 2.05) is 76.9 Å². The van der Waals surface area contributed by atoms with Crippen molar-refractivity contribution >= 4 is 53.4 Å². The normalized spacial score (nSPS) is 9.35. The van der Waals surface area contributed by atoms with E-state index in [-0.39, 0.29) is 5.82 Å². The zero-order valence-corrected chi connectivity index (χ0v) is 20.6. The number of halogens is 3. The summed E-state index contributed by atoms with van der Waals surface area (Å²) in [7, 11) is 1.86. The topological polar surface area (TPSA) is 68.3 Å². The van der Waals surface area contributed by atoms with Crippen molar-refractivity contribution in [3.63, 3.8) is 0 Å². The van der Waals surface area contributed by atoms with Crippen LogP contribution in [0.15, 0.2) is 66.7 Å². The maximum absolute atomic E-state index is 13.5. The number of ether oxygens (including phenoxy) is 1. The molecule has 1 heterocycles. The Kier molecular flexibility index (Phi) is 12.3. The summed E-state index contributed by atoms with van der Waals surface area (Å²) in [5.74, 6) is 1.00. The number of fused-ring (bicyclic) bond motifs is 1. The molecule has 0 bridgehead atoms. The van der Waals surface area contributed by atoms with Crippen molar-refractivity contribution in [2.75, 3.05) is 12.4 Å². The number of benzene rings is 3. The van der Waals surface area contributed by atoms with E-state index in [1.54, 1.807) is 12.1 Å². The molecule has 34 heavy (non-hydrogen) atoms. The molecule has 4 aromatic rings. The zero-order valence-electron chi connectivity index (χ0n) is 19.1. The van der Waals surface area contributed by atoms with Gasteiger partial charge in [-0.2, -0.15) is 0 Å². The predicted octanol–water partition coefficient (Wildman–Crippen LogP) is 7.45. The van der Waals surface area contributed by atoms with E-state index < -0.39 is 0 Å². The summed E-state index contributed by atoms with van der Waals surface area (Å²) in [4.78, 5) is 20.4. The van der Waals surface area contributed by atoms with Crippen LogP contribution in [0.25, 0.3) is 10.9 Å². The third-order valence-electron chi connectivity index (χ3n) is 4.24. The first-order chi connectivity index (χ1) is 16.3. The summed E-state index contributed by atoms with van der Waals surface area (Å²) < 4.78 is 19.4. The van der Waals surface area contributed by atoms with Crippen molar-refractivity contribution in [1.29, 1.82) is 0 Å². The first kappa shape index (κ1) is 28.6. The summed E-state index contributed by atoms with van der Waals surface area (Å²) in [5.41, 5.74) is 3.64. The van der Waals surface area contributed by atoms with Crippen molar-refractivity contribution in [2.24, 2.45) is 0 Å². The molecule has 178 valence electrons. The summed E-state index contributed by atoms with van der Waals surface area (Å²) in [6.45, 7) is 7.84. The lowest BCUT2D eigenvalue weighted by Crippen LogP contribution is -1.92. The Bertz CT molecular complexity index is 1150. The average Bonchev–Trinajstić information content (AvgIpc) is 2.82. The molecule has 0 spiro atoms. The van der Waals surface area contributed by atoms with Crippen LogP contribution >= 0.6 is 23.2 Å². The van der Waals surface area contributed by atoms with Crippen LogP contribution in [0.2, 0.25) is 10.0 Å². The molecule has 0 unspecified atom stereocenters. The van der Waals surface area contributed by atoms with Crippen LogP contribution in [0.4, 0.5) is 10.1 Å². The number of anilines is 1. The van der Waals surface area contributed by atoms with Gasteiger partial charge in [0.2, 0.25) is 0 Å². The van der Waals surface area contributed by atoms with E-state index >= 15 is 0 Å². The van der Waals surface area contributed by atoms with Gasteiger partial charge in [0.25, 0.3) is 0 Å². The molecule has 3 aromatic carbocycles. The molecule has 0 radical (unpaired) electrons. The summed E-state index contributed by atoms with van der Waals surface area (Å²) >= 11 is 11.3. The van der Waals surface area contributed by atoms with Crippen LogP contribution < -0.4 is 10.1 Å². The fraction of sp³-hybridized carbons (Fsp3) is 0.115. The molecule has 0 saturated heterocycles. The van der Waals surface area contributed by atoms with Crippen molar-refractivity contribution in [2.45, 2.75) is 13.8 Å². The van der Waals surface area contributed by atoms with Crippen LogP contribution in [0.1, 0.15) is 11.3 Å². The van der Waals surface area contributed by atoms with E-state index in [4.69, 9.17) is 37.5 Å². The Morgan fingerprint density at radius 3 is 1.97 bits per heavy atom. The minimum absolute atomic E-state index is 0.302. The molecule has 8 heteroatoms. The van der Waals surface area contributed by atoms with Gasteiger partial charge in [-0.25, -0.2) is 4.39 Å². The van der Waals surface area contributed by atoms with E-state index in [2.05, 4.69) is 10.3 Å². The third-order valence-corrected chi connectivity index (χ3v) is 4.67. The molecule has 0 saturated carbocycles. The van der Waals surface area contributed by atoms with Crippen molar-refractivity contribution in [3.8, 4) is 11.5 Å². The first-order valence-corrected chi connectivity index (χ1v) is 10.6. The van der Waals surface area contributed by atoms with Gasteiger partial charge in [0.15, 0.2) is 0 Å². The van der Waals surface area contributed by atoms with E-state index in [1.165, 1.54) is 12.1 Å². The molecule has 0 amide bonds. The van der Waals surface area contributed by atoms with Gasteiger partial charge in [0.05, 0.1) is 5.52 Å². The quantitative estimate of drug-likeness (QED) is 0.315. The molecule has 0 aliphatic rings. The first-order valence-electron chi connectivity index (χ1n) is 9.87. The van der Waals surface area contributed by atoms with Gasteiger partial charge in [-0.3, -0.25) is 4.98 Å². The standard InChI is InChI=1S/C17H15FN2O.C7H6Cl2.2CH2O/c1-11-9-17(15-10-12(18)3-8-16(15)20-11)21-14-6-4-13(19-2)5-7-14;1-5-2-6(8)4-7(9)3-5;2*1-2/h3-10,19H,1-2H3;2-4H,1H3;2*1H2. The zero-order chi connectivity index (χ0) is 25.7. The van der Waals surface area contributed by atoms with Gasteiger partial charge in [-0.1, -0.05) is 23.2 Å². The Morgan fingerprint density at radius 1 is 0.853 bits per heavy atom. The summed E-state index contributed by atoms with van der Waals surface area (Å²) in [5, 5.41) is 5.10.